The molecule has 1 aromatic carbocycles. The van der Waals surface area contributed by atoms with Crippen molar-refractivity contribution in [1.82, 2.24) is 14.5 Å². The summed E-state index contributed by atoms with van der Waals surface area (Å²) in [7, 11) is 0. The molecule has 1 heterocycles. The first kappa shape index (κ1) is 20.1. The van der Waals surface area contributed by atoms with E-state index in [9.17, 15) is 19.5 Å². The van der Waals surface area contributed by atoms with Crippen molar-refractivity contribution in [1.29, 1.82) is 0 Å². The van der Waals surface area contributed by atoms with Gasteiger partial charge in [0, 0.05) is 6.04 Å². The van der Waals surface area contributed by atoms with E-state index in [4.69, 9.17) is 5.73 Å². The standard InChI is InChI=1S/C20H28N4O4/c1-18(2,3)20(15(21)25)10-14(20)22-16(26)24-13-9-7-6-8-12(13)23(17(24)27)11-19(4,5)28/h6-9,14,28H,10-11H2,1-5H3,(H2,21,25)(H,22,26). The van der Waals surface area contributed by atoms with Gasteiger partial charge in [0.2, 0.25) is 5.91 Å². The van der Waals surface area contributed by atoms with Gasteiger partial charge in [0.1, 0.15) is 0 Å². The summed E-state index contributed by atoms with van der Waals surface area (Å²) in [4.78, 5) is 38.0. The average molecular weight is 388 g/mol. The fourth-order valence-electron chi connectivity index (χ4n) is 4.07. The normalized spacial score (nSPS) is 22.3. The molecule has 0 saturated heterocycles. The molecule has 28 heavy (non-hydrogen) atoms. The SMILES string of the molecule is CC(C)(O)Cn1c(=O)n(C(=O)NC2CC2(C(N)=O)C(C)(C)C)c2ccccc21. The number of amides is 2. The van der Waals surface area contributed by atoms with Crippen molar-refractivity contribution in [3.63, 3.8) is 0 Å². The van der Waals surface area contributed by atoms with Gasteiger partial charge in [0.25, 0.3) is 0 Å². The van der Waals surface area contributed by atoms with Gasteiger partial charge in [-0.3, -0.25) is 9.36 Å². The number of primary amides is 1. The minimum atomic E-state index is -1.13. The summed E-state index contributed by atoms with van der Waals surface area (Å²) in [6.07, 6.45) is 0.439. The number of aromatic nitrogens is 2. The molecule has 1 aromatic heterocycles. The van der Waals surface area contributed by atoms with E-state index in [2.05, 4.69) is 5.32 Å². The van der Waals surface area contributed by atoms with Crippen LogP contribution in [0.25, 0.3) is 11.0 Å². The molecular weight excluding hydrogens is 360 g/mol. The fourth-order valence-corrected chi connectivity index (χ4v) is 4.07. The Morgan fingerprint density at radius 3 is 2.25 bits per heavy atom. The van der Waals surface area contributed by atoms with E-state index in [1.807, 2.05) is 20.8 Å². The molecule has 152 valence electrons. The Kier molecular flexibility index (Phi) is 4.46. The summed E-state index contributed by atoms with van der Waals surface area (Å²) in [5, 5.41) is 13.0. The summed E-state index contributed by atoms with van der Waals surface area (Å²) < 4.78 is 2.43. The highest BCUT2D eigenvalue weighted by Gasteiger charge is 2.66. The first-order valence-corrected chi connectivity index (χ1v) is 9.33. The zero-order chi connectivity index (χ0) is 21.1. The number of carbonyl (C=O) groups excluding carboxylic acids is 2. The first-order chi connectivity index (χ1) is 12.8. The maximum absolute atomic E-state index is 13.0. The van der Waals surface area contributed by atoms with Crippen molar-refractivity contribution in [3.05, 3.63) is 34.7 Å². The molecule has 2 aromatic rings. The van der Waals surface area contributed by atoms with E-state index < -0.39 is 40.1 Å². The molecule has 3 rings (SSSR count). The monoisotopic (exact) mass is 388 g/mol. The molecule has 2 atom stereocenters. The summed E-state index contributed by atoms with van der Waals surface area (Å²) in [5.74, 6) is -0.456. The summed E-state index contributed by atoms with van der Waals surface area (Å²) in [6, 6.07) is 5.87. The molecule has 4 N–H and O–H groups in total. The zero-order valence-corrected chi connectivity index (χ0v) is 16.9. The zero-order valence-electron chi connectivity index (χ0n) is 16.9. The van der Waals surface area contributed by atoms with E-state index in [1.54, 1.807) is 38.1 Å². The molecular formula is C20H28N4O4. The number of imidazole rings is 1. The van der Waals surface area contributed by atoms with Crippen molar-refractivity contribution in [2.45, 2.75) is 59.2 Å². The second kappa shape index (κ2) is 6.20. The van der Waals surface area contributed by atoms with Gasteiger partial charge in [0.05, 0.1) is 28.6 Å². The number of fused-ring (bicyclic) bond motifs is 1. The van der Waals surface area contributed by atoms with Gasteiger partial charge in [-0.1, -0.05) is 32.9 Å². The lowest BCUT2D eigenvalue weighted by atomic mass is 9.76. The Morgan fingerprint density at radius 1 is 1.21 bits per heavy atom. The molecule has 0 radical (unpaired) electrons. The van der Waals surface area contributed by atoms with Crippen LogP contribution in [0.5, 0.6) is 0 Å². The number of rotatable bonds is 4. The molecule has 1 aliphatic rings. The molecule has 2 amide bonds. The average Bonchev–Trinajstić information content (AvgIpc) is 3.21. The third-order valence-electron chi connectivity index (χ3n) is 5.62. The number of para-hydroxylation sites is 2. The van der Waals surface area contributed by atoms with Gasteiger partial charge >= 0.3 is 11.7 Å². The van der Waals surface area contributed by atoms with Crippen molar-refractivity contribution in [2.75, 3.05) is 0 Å². The van der Waals surface area contributed by atoms with E-state index in [0.29, 0.717) is 17.5 Å². The van der Waals surface area contributed by atoms with Gasteiger partial charge < -0.3 is 16.2 Å². The number of nitrogens with two attached hydrogens (primary N) is 1. The number of carbonyl (C=O) groups is 2. The molecule has 1 saturated carbocycles. The van der Waals surface area contributed by atoms with Crippen LogP contribution in [0.1, 0.15) is 41.0 Å². The number of hydrogen-bond acceptors (Lipinski definition) is 4. The molecule has 1 fully saturated rings. The third-order valence-corrected chi connectivity index (χ3v) is 5.62. The lowest BCUT2D eigenvalue weighted by molar-refractivity contribution is -0.127. The van der Waals surface area contributed by atoms with E-state index >= 15 is 0 Å². The minimum Gasteiger partial charge on any atom is -0.389 e. The smallest absolute Gasteiger partial charge is 0.337 e. The lowest BCUT2D eigenvalue weighted by Gasteiger charge is -2.29. The Labute approximate surface area is 163 Å². The van der Waals surface area contributed by atoms with Crippen LogP contribution in [0.2, 0.25) is 0 Å². The van der Waals surface area contributed by atoms with Gasteiger partial charge in [-0.25, -0.2) is 14.2 Å². The largest absolute Gasteiger partial charge is 0.389 e. The van der Waals surface area contributed by atoms with Crippen LogP contribution >= 0.6 is 0 Å². The van der Waals surface area contributed by atoms with Crippen LogP contribution in [0.15, 0.2) is 29.1 Å². The van der Waals surface area contributed by atoms with Gasteiger partial charge in [0.15, 0.2) is 0 Å². The number of nitrogens with one attached hydrogen (secondary N) is 1. The maximum atomic E-state index is 13.0. The van der Waals surface area contributed by atoms with E-state index in [-0.39, 0.29) is 6.54 Å². The number of benzene rings is 1. The molecule has 1 aliphatic carbocycles. The number of aliphatic hydroxyl groups is 1. The van der Waals surface area contributed by atoms with Crippen molar-refractivity contribution >= 4 is 23.0 Å². The summed E-state index contributed by atoms with van der Waals surface area (Å²) in [6.45, 7) is 8.96. The highest BCUT2D eigenvalue weighted by Crippen LogP contribution is 2.58. The number of hydrogen-bond donors (Lipinski definition) is 3. The van der Waals surface area contributed by atoms with Crippen LogP contribution in [-0.2, 0) is 11.3 Å². The van der Waals surface area contributed by atoms with Crippen LogP contribution in [0.3, 0.4) is 0 Å². The predicted octanol–water partition coefficient (Wildman–Crippen LogP) is 1.42. The quantitative estimate of drug-likeness (QED) is 0.734. The maximum Gasteiger partial charge on any atom is 0.337 e. The molecule has 2 unspecified atom stereocenters. The molecule has 0 spiro atoms. The summed E-state index contributed by atoms with van der Waals surface area (Å²) in [5.41, 5.74) is 3.70. The van der Waals surface area contributed by atoms with Gasteiger partial charge in [-0.05, 0) is 37.8 Å². The van der Waals surface area contributed by atoms with Gasteiger partial charge in [-0.15, -0.1) is 0 Å². The van der Waals surface area contributed by atoms with Crippen LogP contribution in [-0.4, -0.2) is 37.8 Å². The molecule has 8 nitrogen and oxygen atoms in total. The second-order valence-electron chi connectivity index (χ2n) is 9.30. The Balaban J connectivity index is 1.99. The van der Waals surface area contributed by atoms with Crippen LogP contribution in [0.4, 0.5) is 4.79 Å². The topological polar surface area (TPSA) is 119 Å². The third kappa shape index (κ3) is 3.11. The minimum absolute atomic E-state index is 0.0449. The fraction of sp³-hybridized carbons (Fsp3) is 0.550. The first-order valence-electron chi connectivity index (χ1n) is 9.33. The van der Waals surface area contributed by atoms with Crippen molar-refractivity contribution in [3.8, 4) is 0 Å². The van der Waals surface area contributed by atoms with E-state index in [0.717, 1.165) is 4.57 Å². The summed E-state index contributed by atoms with van der Waals surface area (Å²) >= 11 is 0. The number of nitrogens with zero attached hydrogens (tertiary/aromatic N) is 2. The van der Waals surface area contributed by atoms with Gasteiger partial charge in [-0.2, -0.15) is 0 Å². The predicted molar refractivity (Wildman–Crippen MR) is 106 cm³/mol. The Morgan fingerprint density at radius 2 is 1.79 bits per heavy atom. The van der Waals surface area contributed by atoms with E-state index in [1.165, 1.54) is 4.57 Å². The van der Waals surface area contributed by atoms with Crippen molar-refractivity contribution in [2.24, 2.45) is 16.6 Å². The highest BCUT2D eigenvalue weighted by atomic mass is 16.3. The highest BCUT2D eigenvalue weighted by molar-refractivity contribution is 5.92. The van der Waals surface area contributed by atoms with Crippen molar-refractivity contribution < 1.29 is 14.7 Å². The molecule has 0 aliphatic heterocycles. The Bertz CT molecular complexity index is 1010. The lowest BCUT2D eigenvalue weighted by Crippen LogP contribution is -2.46. The Hall–Kier alpha value is -2.61. The van der Waals surface area contributed by atoms with Crippen LogP contribution < -0.4 is 16.7 Å². The van der Waals surface area contributed by atoms with Crippen LogP contribution in [0, 0.1) is 10.8 Å². The molecule has 8 heteroatoms. The molecule has 0 bridgehead atoms. The second-order valence-corrected chi connectivity index (χ2v) is 9.30.